The maximum absolute atomic E-state index is 12.1. The molecule has 33 heavy (non-hydrogen) atoms. The molecule has 174 valence electrons. The number of unbranched alkanes of at least 4 members (excludes halogenated alkanes) is 1. The van der Waals surface area contributed by atoms with Crippen molar-refractivity contribution < 1.29 is 14.3 Å². The van der Waals surface area contributed by atoms with Crippen molar-refractivity contribution in [2.24, 2.45) is 0 Å². The summed E-state index contributed by atoms with van der Waals surface area (Å²) >= 11 is 1.75. The standard InChI is InChI=1S/C27H32N2O3S/c1-31-26-13-6-5-12-25(26)29-19-17-28(18-20-29)16-8-7-11-23-14-15-24(33-23)21-32-27(30)22-9-3-2-4-10-22/h2-6,9-10,12-15H,7-8,11,16-21H2,1H3. The van der Waals surface area contributed by atoms with Crippen molar-refractivity contribution in [1.29, 1.82) is 0 Å². The molecular weight excluding hydrogens is 432 g/mol. The number of aryl methyl sites for hydroxylation is 1. The minimum Gasteiger partial charge on any atom is -0.495 e. The van der Waals surface area contributed by atoms with Crippen molar-refractivity contribution in [2.45, 2.75) is 25.9 Å². The molecule has 2 heterocycles. The molecule has 0 aliphatic carbocycles. The van der Waals surface area contributed by atoms with E-state index in [1.165, 1.54) is 23.4 Å². The van der Waals surface area contributed by atoms with Crippen LogP contribution in [0.4, 0.5) is 5.69 Å². The van der Waals surface area contributed by atoms with Crippen LogP contribution in [0.5, 0.6) is 5.75 Å². The molecule has 0 saturated carbocycles. The van der Waals surface area contributed by atoms with Gasteiger partial charge in [0.2, 0.25) is 0 Å². The molecule has 1 aliphatic heterocycles. The van der Waals surface area contributed by atoms with Crippen LogP contribution in [0.1, 0.15) is 33.0 Å². The van der Waals surface area contributed by atoms with Crippen molar-refractivity contribution in [3.05, 3.63) is 82.0 Å². The van der Waals surface area contributed by atoms with E-state index in [9.17, 15) is 4.79 Å². The second kappa shape index (κ2) is 11.9. The molecule has 0 N–H and O–H groups in total. The van der Waals surface area contributed by atoms with Gasteiger partial charge in [-0.2, -0.15) is 0 Å². The molecule has 1 saturated heterocycles. The summed E-state index contributed by atoms with van der Waals surface area (Å²) in [5.74, 6) is 0.687. The molecule has 4 rings (SSSR count). The van der Waals surface area contributed by atoms with Gasteiger partial charge in [0.25, 0.3) is 0 Å². The lowest BCUT2D eigenvalue weighted by Gasteiger charge is -2.36. The molecule has 0 spiro atoms. The fraction of sp³-hybridized carbons (Fsp3) is 0.370. The number of rotatable bonds is 10. The Bertz CT molecular complexity index is 1010. The topological polar surface area (TPSA) is 42.0 Å². The number of carbonyl (C=O) groups is 1. The van der Waals surface area contributed by atoms with E-state index in [1.807, 2.05) is 30.3 Å². The van der Waals surface area contributed by atoms with Gasteiger partial charge in [-0.15, -0.1) is 11.3 Å². The first kappa shape index (κ1) is 23.3. The number of methoxy groups -OCH3 is 1. The minimum atomic E-state index is -0.267. The second-order valence-electron chi connectivity index (χ2n) is 8.27. The summed E-state index contributed by atoms with van der Waals surface area (Å²) in [4.78, 5) is 19.5. The zero-order valence-corrected chi connectivity index (χ0v) is 20.1. The number of benzene rings is 2. The van der Waals surface area contributed by atoms with E-state index in [2.05, 4.69) is 34.1 Å². The van der Waals surface area contributed by atoms with Crippen molar-refractivity contribution in [1.82, 2.24) is 4.90 Å². The van der Waals surface area contributed by atoms with E-state index in [-0.39, 0.29) is 5.97 Å². The maximum atomic E-state index is 12.1. The van der Waals surface area contributed by atoms with Gasteiger partial charge in [0.05, 0.1) is 18.4 Å². The van der Waals surface area contributed by atoms with Gasteiger partial charge in [-0.05, 0) is 62.2 Å². The summed E-state index contributed by atoms with van der Waals surface area (Å²) in [6, 6.07) is 21.7. The first-order valence-electron chi connectivity index (χ1n) is 11.6. The van der Waals surface area contributed by atoms with Gasteiger partial charge in [0, 0.05) is 35.9 Å². The maximum Gasteiger partial charge on any atom is 0.338 e. The van der Waals surface area contributed by atoms with Crippen LogP contribution in [-0.2, 0) is 17.8 Å². The third-order valence-electron chi connectivity index (χ3n) is 6.02. The number of piperazine rings is 1. The lowest BCUT2D eigenvalue weighted by atomic mass is 10.2. The molecule has 0 radical (unpaired) electrons. The highest BCUT2D eigenvalue weighted by Crippen LogP contribution is 2.28. The fourth-order valence-electron chi connectivity index (χ4n) is 4.17. The van der Waals surface area contributed by atoms with Gasteiger partial charge in [-0.25, -0.2) is 4.79 Å². The Balaban J connectivity index is 1.13. The van der Waals surface area contributed by atoms with Gasteiger partial charge in [-0.3, -0.25) is 4.90 Å². The number of anilines is 1. The highest BCUT2D eigenvalue weighted by atomic mass is 32.1. The van der Waals surface area contributed by atoms with Gasteiger partial charge >= 0.3 is 5.97 Å². The van der Waals surface area contributed by atoms with Crippen LogP contribution in [0.3, 0.4) is 0 Å². The molecule has 0 bridgehead atoms. The summed E-state index contributed by atoms with van der Waals surface area (Å²) in [7, 11) is 1.74. The van der Waals surface area contributed by atoms with Crippen LogP contribution in [0, 0.1) is 0 Å². The number of carbonyl (C=O) groups excluding carboxylic acids is 1. The number of para-hydroxylation sites is 2. The molecule has 0 amide bonds. The largest absolute Gasteiger partial charge is 0.495 e. The average molecular weight is 465 g/mol. The fourth-order valence-corrected chi connectivity index (χ4v) is 5.14. The lowest BCUT2D eigenvalue weighted by Crippen LogP contribution is -2.46. The zero-order chi connectivity index (χ0) is 22.9. The third-order valence-corrected chi connectivity index (χ3v) is 7.14. The zero-order valence-electron chi connectivity index (χ0n) is 19.2. The molecule has 0 unspecified atom stereocenters. The number of nitrogens with zero attached hydrogens (tertiary/aromatic N) is 2. The first-order chi connectivity index (χ1) is 16.2. The summed E-state index contributed by atoms with van der Waals surface area (Å²) in [6.07, 6.45) is 3.46. The summed E-state index contributed by atoms with van der Waals surface area (Å²) in [5, 5.41) is 0. The summed E-state index contributed by atoms with van der Waals surface area (Å²) in [6.45, 7) is 5.75. The Morgan fingerprint density at radius 1 is 0.879 bits per heavy atom. The number of ether oxygens (including phenoxy) is 2. The Morgan fingerprint density at radius 2 is 1.61 bits per heavy atom. The molecule has 0 atom stereocenters. The Hall–Kier alpha value is -2.83. The molecule has 5 nitrogen and oxygen atoms in total. The highest BCUT2D eigenvalue weighted by Gasteiger charge is 2.19. The van der Waals surface area contributed by atoms with E-state index >= 15 is 0 Å². The van der Waals surface area contributed by atoms with Crippen molar-refractivity contribution in [3.63, 3.8) is 0 Å². The molecule has 1 fully saturated rings. The summed E-state index contributed by atoms with van der Waals surface area (Å²) in [5.41, 5.74) is 1.79. The molecule has 1 aromatic heterocycles. The van der Waals surface area contributed by atoms with E-state index in [4.69, 9.17) is 9.47 Å². The second-order valence-corrected chi connectivity index (χ2v) is 9.52. The predicted molar refractivity (Wildman–Crippen MR) is 134 cm³/mol. The minimum absolute atomic E-state index is 0.267. The van der Waals surface area contributed by atoms with E-state index in [1.54, 1.807) is 30.6 Å². The lowest BCUT2D eigenvalue weighted by molar-refractivity contribution is 0.0477. The van der Waals surface area contributed by atoms with Gasteiger partial charge in [0.15, 0.2) is 0 Å². The van der Waals surface area contributed by atoms with Gasteiger partial charge in [-0.1, -0.05) is 30.3 Å². The molecule has 2 aromatic carbocycles. The van der Waals surface area contributed by atoms with Crippen LogP contribution >= 0.6 is 11.3 Å². The van der Waals surface area contributed by atoms with Gasteiger partial charge in [0.1, 0.15) is 12.4 Å². The average Bonchev–Trinajstić information content (AvgIpc) is 3.34. The molecule has 6 heteroatoms. The Labute approximate surface area is 200 Å². The number of hydrogen-bond donors (Lipinski definition) is 0. The normalized spacial score (nSPS) is 14.3. The Morgan fingerprint density at radius 3 is 2.39 bits per heavy atom. The van der Waals surface area contributed by atoms with Crippen LogP contribution in [-0.4, -0.2) is 50.7 Å². The van der Waals surface area contributed by atoms with Crippen molar-refractivity contribution in [2.75, 3.05) is 44.7 Å². The number of esters is 1. The number of hydrogen-bond acceptors (Lipinski definition) is 6. The first-order valence-corrected chi connectivity index (χ1v) is 12.4. The third kappa shape index (κ3) is 6.59. The predicted octanol–water partition coefficient (Wildman–Crippen LogP) is 5.26. The van der Waals surface area contributed by atoms with E-state index < -0.39 is 0 Å². The van der Waals surface area contributed by atoms with Gasteiger partial charge < -0.3 is 14.4 Å². The monoisotopic (exact) mass is 464 g/mol. The molecule has 1 aliphatic rings. The quantitative estimate of drug-likeness (QED) is 0.302. The van der Waals surface area contributed by atoms with E-state index in [0.29, 0.717) is 12.2 Å². The van der Waals surface area contributed by atoms with E-state index in [0.717, 1.165) is 49.8 Å². The van der Waals surface area contributed by atoms with Crippen LogP contribution < -0.4 is 9.64 Å². The van der Waals surface area contributed by atoms with Crippen LogP contribution in [0.2, 0.25) is 0 Å². The highest BCUT2D eigenvalue weighted by molar-refractivity contribution is 7.11. The SMILES string of the molecule is COc1ccccc1N1CCN(CCCCc2ccc(COC(=O)c3ccccc3)s2)CC1. The van der Waals surface area contributed by atoms with Crippen LogP contribution in [0.25, 0.3) is 0 Å². The van der Waals surface area contributed by atoms with Crippen LogP contribution in [0.15, 0.2) is 66.7 Å². The summed E-state index contributed by atoms with van der Waals surface area (Å²) < 4.78 is 11.0. The van der Waals surface area contributed by atoms with Crippen molar-refractivity contribution >= 4 is 23.0 Å². The Kier molecular flexibility index (Phi) is 8.39. The van der Waals surface area contributed by atoms with Crippen molar-refractivity contribution in [3.8, 4) is 5.75 Å². The molecule has 3 aromatic rings. The molecular formula is C27H32N2O3S. The smallest absolute Gasteiger partial charge is 0.338 e. The number of thiophene rings is 1.